The second-order valence-corrected chi connectivity index (χ2v) is 7.57. The monoisotopic (exact) mass is 386 g/mol. The number of aliphatic imine (C=N–C) groups is 1. The van der Waals surface area contributed by atoms with E-state index in [1.807, 2.05) is 32.2 Å². The van der Waals surface area contributed by atoms with E-state index < -0.39 is 0 Å². The van der Waals surface area contributed by atoms with Gasteiger partial charge in [-0.05, 0) is 54.3 Å². The molecule has 5 nitrogen and oxygen atoms in total. The SMILES string of the molecule is CN=CC(=CN)c1ccc2c(c1)CN(c1cccc3c1cc(C)c(=O)n3C)CC2. The number of benzene rings is 2. The van der Waals surface area contributed by atoms with Crippen molar-refractivity contribution in [3.63, 3.8) is 0 Å². The van der Waals surface area contributed by atoms with Gasteiger partial charge >= 0.3 is 0 Å². The number of fused-ring (bicyclic) bond motifs is 2. The van der Waals surface area contributed by atoms with Gasteiger partial charge in [0.05, 0.1) is 5.52 Å². The van der Waals surface area contributed by atoms with Gasteiger partial charge in [-0.25, -0.2) is 0 Å². The highest BCUT2D eigenvalue weighted by atomic mass is 16.1. The summed E-state index contributed by atoms with van der Waals surface area (Å²) in [6.45, 7) is 3.65. The van der Waals surface area contributed by atoms with Gasteiger partial charge in [0, 0.05) is 61.8 Å². The lowest BCUT2D eigenvalue weighted by molar-refractivity contribution is 0.733. The third-order valence-corrected chi connectivity index (χ3v) is 5.76. The topological polar surface area (TPSA) is 63.6 Å². The summed E-state index contributed by atoms with van der Waals surface area (Å²) < 4.78 is 1.74. The molecule has 0 fully saturated rings. The van der Waals surface area contributed by atoms with Gasteiger partial charge in [-0.2, -0.15) is 0 Å². The molecule has 148 valence electrons. The summed E-state index contributed by atoms with van der Waals surface area (Å²) in [5, 5.41) is 1.12. The molecule has 29 heavy (non-hydrogen) atoms. The van der Waals surface area contributed by atoms with Crippen LogP contribution in [-0.2, 0) is 20.0 Å². The molecule has 0 saturated heterocycles. The minimum absolute atomic E-state index is 0.0574. The van der Waals surface area contributed by atoms with E-state index in [9.17, 15) is 4.79 Å². The Balaban J connectivity index is 1.76. The zero-order valence-corrected chi connectivity index (χ0v) is 17.1. The number of hydrogen-bond acceptors (Lipinski definition) is 4. The second kappa shape index (κ2) is 7.59. The number of rotatable bonds is 3. The first kappa shape index (κ1) is 19.0. The molecule has 1 aliphatic rings. The van der Waals surface area contributed by atoms with Crippen LogP contribution in [0.2, 0.25) is 0 Å². The second-order valence-electron chi connectivity index (χ2n) is 7.57. The number of aryl methyl sites for hydroxylation is 2. The number of hydrogen-bond donors (Lipinski definition) is 1. The third-order valence-electron chi connectivity index (χ3n) is 5.76. The van der Waals surface area contributed by atoms with Gasteiger partial charge in [-0.1, -0.05) is 18.2 Å². The largest absolute Gasteiger partial charge is 0.404 e. The normalized spacial score (nSPS) is 14.6. The molecule has 0 bridgehead atoms. The number of allylic oxidation sites excluding steroid dienone is 1. The molecule has 0 aliphatic carbocycles. The van der Waals surface area contributed by atoms with Crippen LogP contribution in [0.4, 0.5) is 5.69 Å². The molecule has 2 heterocycles. The Morgan fingerprint density at radius 3 is 2.76 bits per heavy atom. The highest BCUT2D eigenvalue weighted by Crippen LogP contribution is 2.31. The van der Waals surface area contributed by atoms with Crippen LogP contribution in [-0.4, -0.2) is 24.4 Å². The molecule has 1 aliphatic heterocycles. The molecular formula is C24H26N4O. The average molecular weight is 386 g/mol. The maximum Gasteiger partial charge on any atom is 0.253 e. The summed E-state index contributed by atoms with van der Waals surface area (Å²) >= 11 is 0. The number of nitrogens with zero attached hydrogens (tertiary/aromatic N) is 3. The molecule has 2 aromatic carbocycles. The molecule has 4 rings (SSSR count). The number of nitrogens with two attached hydrogens (primary N) is 1. The Morgan fingerprint density at radius 2 is 2.00 bits per heavy atom. The quantitative estimate of drug-likeness (QED) is 0.702. The van der Waals surface area contributed by atoms with Crippen LogP contribution in [0, 0.1) is 6.92 Å². The Morgan fingerprint density at radius 1 is 1.17 bits per heavy atom. The summed E-state index contributed by atoms with van der Waals surface area (Å²) in [6.07, 6.45) is 4.37. The van der Waals surface area contributed by atoms with Gasteiger partial charge < -0.3 is 15.2 Å². The summed E-state index contributed by atoms with van der Waals surface area (Å²) in [7, 11) is 3.59. The van der Waals surface area contributed by atoms with E-state index in [0.717, 1.165) is 47.1 Å². The molecular weight excluding hydrogens is 360 g/mol. The fourth-order valence-corrected chi connectivity index (χ4v) is 4.20. The van der Waals surface area contributed by atoms with Crippen molar-refractivity contribution in [1.82, 2.24) is 4.57 Å². The molecule has 0 radical (unpaired) electrons. The van der Waals surface area contributed by atoms with Crippen molar-refractivity contribution in [1.29, 1.82) is 0 Å². The predicted octanol–water partition coefficient (Wildman–Crippen LogP) is 3.41. The zero-order valence-electron chi connectivity index (χ0n) is 17.1. The fourth-order valence-electron chi connectivity index (χ4n) is 4.20. The number of pyridine rings is 1. The van der Waals surface area contributed by atoms with E-state index >= 15 is 0 Å². The molecule has 5 heteroatoms. The van der Waals surface area contributed by atoms with Gasteiger partial charge in [0.25, 0.3) is 5.56 Å². The van der Waals surface area contributed by atoms with Crippen molar-refractivity contribution in [2.24, 2.45) is 17.8 Å². The molecule has 0 unspecified atom stereocenters. The Kier molecular flexibility index (Phi) is 4.97. The van der Waals surface area contributed by atoms with Crippen molar-refractivity contribution >= 4 is 28.4 Å². The van der Waals surface area contributed by atoms with Crippen molar-refractivity contribution in [2.75, 3.05) is 18.5 Å². The van der Waals surface area contributed by atoms with E-state index in [1.54, 1.807) is 24.0 Å². The van der Waals surface area contributed by atoms with Crippen LogP contribution in [0.3, 0.4) is 0 Å². The molecule has 0 amide bonds. The van der Waals surface area contributed by atoms with E-state index in [0.29, 0.717) is 0 Å². The molecule has 1 aromatic heterocycles. The highest BCUT2D eigenvalue weighted by Gasteiger charge is 2.20. The van der Waals surface area contributed by atoms with Crippen molar-refractivity contribution < 1.29 is 0 Å². The lowest BCUT2D eigenvalue weighted by Gasteiger charge is -2.32. The van der Waals surface area contributed by atoms with Gasteiger partial charge in [0.2, 0.25) is 0 Å². The van der Waals surface area contributed by atoms with Crippen LogP contribution in [0.15, 0.2) is 58.5 Å². The maximum atomic E-state index is 12.3. The highest BCUT2D eigenvalue weighted by molar-refractivity contribution is 6.09. The van der Waals surface area contributed by atoms with E-state index in [1.165, 1.54) is 16.8 Å². The zero-order chi connectivity index (χ0) is 20.5. The molecule has 0 atom stereocenters. The summed E-state index contributed by atoms with van der Waals surface area (Å²) in [5.41, 5.74) is 13.4. The molecule has 0 spiro atoms. The Hall–Kier alpha value is -3.34. The summed E-state index contributed by atoms with van der Waals surface area (Å²) in [5.74, 6) is 0. The van der Waals surface area contributed by atoms with Crippen LogP contribution in [0.25, 0.3) is 16.5 Å². The van der Waals surface area contributed by atoms with Crippen LogP contribution in [0.1, 0.15) is 22.3 Å². The molecule has 2 N–H and O–H groups in total. The number of aromatic nitrogens is 1. The first-order valence-corrected chi connectivity index (χ1v) is 9.84. The van der Waals surface area contributed by atoms with Crippen molar-refractivity contribution in [3.8, 4) is 0 Å². The summed E-state index contributed by atoms with van der Waals surface area (Å²) in [6, 6.07) is 14.7. The van der Waals surface area contributed by atoms with E-state index in [4.69, 9.17) is 5.73 Å². The molecule has 0 saturated carbocycles. The van der Waals surface area contributed by atoms with Gasteiger partial charge in [-0.3, -0.25) is 9.79 Å². The van der Waals surface area contributed by atoms with Crippen molar-refractivity contribution in [2.45, 2.75) is 19.9 Å². The van der Waals surface area contributed by atoms with E-state index in [-0.39, 0.29) is 5.56 Å². The maximum absolute atomic E-state index is 12.3. The van der Waals surface area contributed by atoms with Gasteiger partial charge in [-0.15, -0.1) is 0 Å². The first-order valence-electron chi connectivity index (χ1n) is 9.84. The predicted molar refractivity (Wildman–Crippen MR) is 122 cm³/mol. The standard InChI is InChI=1S/C24H26N4O/c1-16-11-21-22(27(3)24(16)29)5-4-6-23(21)28-10-9-17-7-8-18(12-19(17)15-28)20(13-25)14-26-2/h4-8,11-14H,9-10,15,25H2,1-3H3. The van der Waals surface area contributed by atoms with Crippen LogP contribution >= 0.6 is 0 Å². The molecule has 3 aromatic rings. The Bertz CT molecular complexity index is 1200. The van der Waals surface area contributed by atoms with Crippen LogP contribution < -0.4 is 16.2 Å². The lowest BCUT2D eigenvalue weighted by Crippen LogP contribution is -2.31. The minimum Gasteiger partial charge on any atom is -0.404 e. The summed E-state index contributed by atoms with van der Waals surface area (Å²) in [4.78, 5) is 18.8. The van der Waals surface area contributed by atoms with Crippen molar-refractivity contribution in [3.05, 3.63) is 81.3 Å². The van der Waals surface area contributed by atoms with Gasteiger partial charge in [0.15, 0.2) is 0 Å². The average Bonchev–Trinajstić information content (AvgIpc) is 2.75. The lowest BCUT2D eigenvalue weighted by atomic mass is 9.94. The Labute approximate surface area is 170 Å². The van der Waals surface area contributed by atoms with Crippen LogP contribution in [0.5, 0.6) is 0 Å². The third kappa shape index (κ3) is 3.33. The smallest absolute Gasteiger partial charge is 0.253 e. The number of anilines is 1. The van der Waals surface area contributed by atoms with Gasteiger partial charge in [0.1, 0.15) is 0 Å². The first-order chi connectivity index (χ1) is 14.0. The fraction of sp³-hybridized carbons (Fsp3) is 0.250. The van der Waals surface area contributed by atoms with E-state index in [2.05, 4.69) is 34.2 Å². The minimum atomic E-state index is 0.0574.